The highest BCUT2D eigenvalue weighted by atomic mass is 16.5. The van der Waals surface area contributed by atoms with Crippen LogP contribution in [-0.4, -0.2) is 40.2 Å². The van der Waals surface area contributed by atoms with Gasteiger partial charge in [-0.1, -0.05) is 67.1 Å². The number of aromatic nitrogens is 1. The van der Waals surface area contributed by atoms with Gasteiger partial charge in [0.25, 0.3) is 0 Å². The zero-order valence-corrected chi connectivity index (χ0v) is 29.0. The lowest BCUT2D eigenvalue weighted by Crippen LogP contribution is -2.46. The van der Waals surface area contributed by atoms with Gasteiger partial charge in [-0.2, -0.15) is 0 Å². The van der Waals surface area contributed by atoms with Gasteiger partial charge in [0.1, 0.15) is 5.75 Å². The molecule has 1 aromatic heterocycles. The van der Waals surface area contributed by atoms with Crippen LogP contribution in [0.5, 0.6) is 5.75 Å². The lowest BCUT2D eigenvalue weighted by molar-refractivity contribution is -0.122. The standard InChI is InChI=1S/C43H40BN3O5/c1-2-27-25-35-41(43(50)47(42(35)49)32-19-17-31(18-20-32)46-30-10-4-3-5-11-30)36-26-44(51)52-39(40(27)36)22-16-29(37-14-8-9-23-45-37)24-28-15-21-38(48)34-13-7-6-12-33(28)34/h3-15,17-21,23-24,35-36,39,41,46,48,51H,2,16,22,25-26H2,1H3/b29-24-/t35-,36+,39-,41-/m1/s1. The van der Waals surface area contributed by atoms with Crippen molar-refractivity contribution in [3.63, 3.8) is 0 Å². The average molecular weight is 690 g/mol. The van der Waals surface area contributed by atoms with Crippen LogP contribution in [0.25, 0.3) is 22.4 Å². The minimum atomic E-state index is -1.06. The molecule has 3 aliphatic rings. The van der Waals surface area contributed by atoms with Crippen LogP contribution < -0.4 is 10.2 Å². The van der Waals surface area contributed by atoms with Gasteiger partial charge < -0.3 is 20.1 Å². The third-order valence-corrected chi connectivity index (χ3v) is 10.9. The molecule has 8 rings (SSSR count). The number of rotatable bonds is 9. The number of allylic oxidation sites excluding steroid dienone is 2. The van der Waals surface area contributed by atoms with Crippen LogP contribution in [0.4, 0.5) is 17.1 Å². The van der Waals surface area contributed by atoms with Gasteiger partial charge in [0.05, 0.1) is 29.3 Å². The first-order valence-electron chi connectivity index (χ1n) is 18.1. The average Bonchev–Trinajstić information content (AvgIpc) is 3.43. The number of carbonyl (C=O) groups excluding carboxylic acids is 2. The Labute approximate surface area is 303 Å². The molecule has 4 aromatic carbocycles. The van der Waals surface area contributed by atoms with E-state index in [1.165, 1.54) is 4.90 Å². The number of nitrogens with zero attached hydrogens (tertiary/aromatic N) is 2. The van der Waals surface area contributed by atoms with Crippen molar-refractivity contribution in [3.05, 3.63) is 138 Å². The molecule has 260 valence electrons. The molecule has 0 unspecified atom stereocenters. The molecule has 3 N–H and O–H groups in total. The van der Waals surface area contributed by atoms with Crippen LogP contribution in [0.3, 0.4) is 0 Å². The summed E-state index contributed by atoms with van der Waals surface area (Å²) in [6, 6.07) is 34.5. The maximum absolute atomic E-state index is 14.3. The van der Waals surface area contributed by atoms with E-state index in [0.717, 1.165) is 56.5 Å². The predicted molar refractivity (Wildman–Crippen MR) is 206 cm³/mol. The number of hydrogen-bond acceptors (Lipinski definition) is 7. The molecule has 8 nitrogen and oxygen atoms in total. The smallest absolute Gasteiger partial charge is 0.455 e. The van der Waals surface area contributed by atoms with Gasteiger partial charge in [-0.15, -0.1) is 0 Å². The normalized spacial score (nSPS) is 21.8. The van der Waals surface area contributed by atoms with Crippen molar-refractivity contribution in [2.24, 2.45) is 17.8 Å². The second kappa shape index (κ2) is 14.3. The number of aromatic hydroxyl groups is 1. The Bertz CT molecular complexity index is 2190. The molecule has 9 heteroatoms. The Hall–Kier alpha value is -5.51. The number of imide groups is 1. The van der Waals surface area contributed by atoms with Crippen LogP contribution >= 0.6 is 0 Å². The van der Waals surface area contributed by atoms with Crippen LogP contribution in [0, 0.1) is 17.8 Å². The molecule has 1 aliphatic carbocycles. The van der Waals surface area contributed by atoms with Crippen molar-refractivity contribution in [1.29, 1.82) is 0 Å². The van der Waals surface area contributed by atoms with Crippen LogP contribution in [0.1, 0.15) is 43.9 Å². The summed E-state index contributed by atoms with van der Waals surface area (Å²) in [7, 11) is -1.06. The number of phenols is 1. The van der Waals surface area contributed by atoms with Crippen molar-refractivity contribution < 1.29 is 24.4 Å². The number of carbonyl (C=O) groups is 2. The molecule has 3 heterocycles. The molecule has 2 saturated heterocycles. The summed E-state index contributed by atoms with van der Waals surface area (Å²) in [5.41, 5.74) is 7.35. The van der Waals surface area contributed by atoms with Crippen molar-refractivity contribution in [2.45, 2.75) is 45.0 Å². The maximum atomic E-state index is 14.3. The largest absolute Gasteiger partial charge is 0.507 e. The van der Waals surface area contributed by atoms with E-state index in [-0.39, 0.29) is 29.8 Å². The van der Waals surface area contributed by atoms with E-state index in [2.05, 4.69) is 23.3 Å². The summed E-state index contributed by atoms with van der Waals surface area (Å²) in [4.78, 5) is 34.4. The SMILES string of the molecule is CCC1=C2[C@@H](CC/C(=C/c3ccc(O)c4ccccc34)c3ccccn3)OB(O)C[C@@H]2[C@@H]2C(=O)N(c3ccc(Nc4ccccc4)cc3)C(=O)[C@@H]2C1. The molecule has 4 atom stereocenters. The molecule has 0 saturated carbocycles. The molecule has 0 radical (unpaired) electrons. The van der Waals surface area contributed by atoms with Gasteiger partial charge in [0.15, 0.2) is 0 Å². The minimum absolute atomic E-state index is 0.178. The molecule has 52 heavy (non-hydrogen) atoms. The Morgan fingerprint density at radius 3 is 2.37 bits per heavy atom. The second-order valence-corrected chi connectivity index (χ2v) is 13.9. The Balaban J connectivity index is 1.07. The van der Waals surface area contributed by atoms with Gasteiger partial charge in [-0.3, -0.25) is 19.5 Å². The first-order valence-corrected chi connectivity index (χ1v) is 18.1. The lowest BCUT2D eigenvalue weighted by Gasteiger charge is -2.43. The molecule has 2 fully saturated rings. The van der Waals surface area contributed by atoms with E-state index >= 15 is 0 Å². The zero-order chi connectivity index (χ0) is 35.8. The number of phenolic OH excluding ortho intramolecular Hbond substituents is 1. The number of pyridine rings is 1. The number of para-hydroxylation sites is 1. The highest BCUT2D eigenvalue weighted by Gasteiger charge is 2.57. The molecule has 0 bridgehead atoms. The van der Waals surface area contributed by atoms with Gasteiger partial charge in [0, 0.05) is 23.0 Å². The summed E-state index contributed by atoms with van der Waals surface area (Å²) < 4.78 is 6.29. The first kappa shape index (κ1) is 33.6. The highest BCUT2D eigenvalue weighted by molar-refractivity contribution is 6.43. The Morgan fingerprint density at radius 1 is 0.885 bits per heavy atom. The summed E-state index contributed by atoms with van der Waals surface area (Å²) in [6.45, 7) is 2.09. The van der Waals surface area contributed by atoms with Crippen LogP contribution in [0.2, 0.25) is 6.32 Å². The van der Waals surface area contributed by atoms with E-state index < -0.39 is 25.1 Å². The van der Waals surface area contributed by atoms with E-state index in [0.29, 0.717) is 24.9 Å². The van der Waals surface area contributed by atoms with Crippen LogP contribution in [-0.2, 0) is 14.2 Å². The molecular weight excluding hydrogens is 649 g/mol. The maximum Gasteiger partial charge on any atom is 0.455 e. The third kappa shape index (κ3) is 6.31. The van der Waals surface area contributed by atoms with Gasteiger partial charge in [-0.25, -0.2) is 0 Å². The highest BCUT2D eigenvalue weighted by Crippen LogP contribution is 2.52. The Morgan fingerprint density at radius 2 is 1.62 bits per heavy atom. The minimum Gasteiger partial charge on any atom is -0.507 e. The third-order valence-electron chi connectivity index (χ3n) is 10.9. The predicted octanol–water partition coefficient (Wildman–Crippen LogP) is 8.42. The zero-order valence-electron chi connectivity index (χ0n) is 29.0. The number of benzene rings is 4. The molecule has 2 amide bonds. The molecular formula is C43H40BN3O5. The van der Waals surface area contributed by atoms with Gasteiger partial charge in [-0.05, 0) is 121 Å². The summed E-state index contributed by atoms with van der Waals surface area (Å²) >= 11 is 0. The van der Waals surface area contributed by atoms with Crippen molar-refractivity contribution >= 4 is 58.4 Å². The van der Waals surface area contributed by atoms with Crippen molar-refractivity contribution in [2.75, 3.05) is 10.2 Å². The van der Waals surface area contributed by atoms with E-state index in [1.54, 1.807) is 12.3 Å². The fourth-order valence-electron chi connectivity index (χ4n) is 8.47. The quantitative estimate of drug-likeness (QED) is 0.0810. The number of nitrogens with one attached hydrogen (secondary N) is 1. The monoisotopic (exact) mass is 689 g/mol. The van der Waals surface area contributed by atoms with Crippen LogP contribution in [0.15, 0.2) is 127 Å². The lowest BCUT2D eigenvalue weighted by atomic mass is 9.58. The summed E-state index contributed by atoms with van der Waals surface area (Å²) in [5.74, 6) is -1.49. The van der Waals surface area contributed by atoms with Crippen molar-refractivity contribution in [3.8, 4) is 5.75 Å². The van der Waals surface area contributed by atoms with E-state index in [9.17, 15) is 19.7 Å². The topological polar surface area (TPSA) is 112 Å². The number of fused-ring (bicyclic) bond motifs is 4. The number of anilines is 3. The van der Waals surface area contributed by atoms with Gasteiger partial charge in [0.2, 0.25) is 11.8 Å². The molecule has 5 aromatic rings. The molecule has 2 aliphatic heterocycles. The van der Waals surface area contributed by atoms with E-state index in [1.807, 2.05) is 103 Å². The number of hydrogen-bond donors (Lipinski definition) is 3. The van der Waals surface area contributed by atoms with Gasteiger partial charge >= 0.3 is 7.12 Å². The summed E-state index contributed by atoms with van der Waals surface area (Å²) in [5, 5.41) is 26.7. The number of amides is 2. The van der Waals surface area contributed by atoms with E-state index in [4.69, 9.17) is 4.65 Å². The first-order chi connectivity index (χ1) is 25.4. The summed E-state index contributed by atoms with van der Waals surface area (Å²) in [6.07, 6.45) is 6.12. The van der Waals surface area contributed by atoms with Crippen molar-refractivity contribution in [1.82, 2.24) is 4.98 Å². The fraction of sp³-hybridized carbons (Fsp3) is 0.233. The second-order valence-electron chi connectivity index (χ2n) is 13.9. The molecule has 0 spiro atoms. The Kier molecular flexibility index (Phi) is 9.22. The fourth-order valence-corrected chi connectivity index (χ4v) is 8.47.